The van der Waals surface area contributed by atoms with E-state index in [1.807, 2.05) is 18.2 Å². The van der Waals surface area contributed by atoms with Crippen molar-refractivity contribution in [2.45, 2.75) is 33.1 Å². The molecule has 0 amide bonds. The summed E-state index contributed by atoms with van der Waals surface area (Å²) in [6, 6.07) is 8.23. The van der Waals surface area contributed by atoms with E-state index < -0.39 is 0 Å². The van der Waals surface area contributed by atoms with Crippen LogP contribution < -0.4 is 4.74 Å². The zero-order valence-corrected chi connectivity index (χ0v) is 15.4. The zero-order chi connectivity index (χ0) is 15.7. The maximum Gasteiger partial charge on any atom is 0.133 e. The number of halogens is 2. The van der Waals surface area contributed by atoms with Crippen molar-refractivity contribution >= 4 is 27.5 Å². The Kier molecular flexibility index (Phi) is 5.00. The van der Waals surface area contributed by atoms with Crippen molar-refractivity contribution in [1.29, 1.82) is 0 Å². The Morgan fingerprint density at radius 3 is 2.05 bits per heavy atom. The van der Waals surface area contributed by atoms with Crippen LogP contribution in [0.25, 0.3) is 0 Å². The fourth-order valence-corrected chi connectivity index (χ4v) is 3.66. The lowest BCUT2D eigenvalue weighted by molar-refractivity contribution is 0.412. The summed E-state index contributed by atoms with van der Waals surface area (Å²) in [5.74, 6) is 0.816. The maximum atomic E-state index is 6.79. The zero-order valence-electron chi connectivity index (χ0n) is 13.1. The minimum absolute atomic E-state index is 0.161. The monoisotopic (exact) mass is 366 g/mol. The van der Waals surface area contributed by atoms with Gasteiger partial charge in [-0.15, -0.1) is 11.6 Å². The first kappa shape index (κ1) is 16.4. The number of hydrogen-bond donors (Lipinski definition) is 0. The second-order valence-electron chi connectivity index (χ2n) is 5.43. The third-order valence-electron chi connectivity index (χ3n) is 4.15. The topological polar surface area (TPSA) is 9.23 Å². The van der Waals surface area contributed by atoms with Gasteiger partial charge < -0.3 is 4.74 Å². The molecule has 0 saturated heterocycles. The van der Waals surface area contributed by atoms with Crippen LogP contribution in [-0.4, -0.2) is 7.11 Å². The van der Waals surface area contributed by atoms with E-state index >= 15 is 0 Å². The van der Waals surface area contributed by atoms with Crippen molar-refractivity contribution < 1.29 is 4.74 Å². The standard InChI is InChI=1S/C18H20BrClO/c1-10-8-11(2)13(4)17(12(10)3)18(20)14-6-7-16(21-5)15(19)9-14/h6-9,18H,1-5H3. The summed E-state index contributed by atoms with van der Waals surface area (Å²) in [6.07, 6.45) is 0. The normalized spacial score (nSPS) is 12.3. The van der Waals surface area contributed by atoms with E-state index in [1.54, 1.807) is 7.11 Å². The smallest absolute Gasteiger partial charge is 0.133 e. The van der Waals surface area contributed by atoms with Gasteiger partial charge in [0.2, 0.25) is 0 Å². The van der Waals surface area contributed by atoms with Crippen LogP contribution in [-0.2, 0) is 0 Å². The summed E-state index contributed by atoms with van der Waals surface area (Å²) >= 11 is 10.3. The third kappa shape index (κ3) is 3.12. The molecule has 0 spiro atoms. The number of rotatable bonds is 3. The Morgan fingerprint density at radius 2 is 1.57 bits per heavy atom. The summed E-state index contributed by atoms with van der Waals surface area (Å²) < 4.78 is 6.21. The molecule has 1 nitrogen and oxygen atoms in total. The lowest BCUT2D eigenvalue weighted by atomic mass is 9.90. The molecule has 1 unspecified atom stereocenters. The molecule has 2 aromatic rings. The highest BCUT2D eigenvalue weighted by Gasteiger charge is 2.19. The SMILES string of the molecule is COc1ccc(C(Cl)c2c(C)c(C)cc(C)c2C)cc1Br. The lowest BCUT2D eigenvalue weighted by Crippen LogP contribution is -2.03. The number of ether oxygens (including phenoxy) is 1. The minimum atomic E-state index is -0.161. The van der Waals surface area contributed by atoms with Gasteiger partial charge in [0.15, 0.2) is 0 Å². The van der Waals surface area contributed by atoms with Crippen molar-refractivity contribution in [3.05, 3.63) is 62.1 Å². The highest BCUT2D eigenvalue weighted by Crippen LogP contribution is 2.38. The Balaban J connectivity index is 2.55. The molecule has 0 N–H and O–H groups in total. The first-order valence-electron chi connectivity index (χ1n) is 6.91. The van der Waals surface area contributed by atoms with E-state index in [-0.39, 0.29) is 5.38 Å². The van der Waals surface area contributed by atoms with Crippen LogP contribution in [0, 0.1) is 27.7 Å². The van der Waals surface area contributed by atoms with Gasteiger partial charge in [0.05, 0.1) is 17.0 Å². The molecule has 0 bridgehead atoms. The van der Waals surface area contributed by atoms with Crippen LogP contribution in [0.1, 0.15) is 38.8 Å². The van der Waals surface area contributed by atoms with Crippen LogP contribution >= 0.6 is 27.5 Å². The summed E-state index contributed by atoms with van der Waals surface area (Å²) in [6.45, 7) is 8.56. The van der Waals surface area contributed by atoms with Crippen LogP contribution in [0.2, 0.25) is 0 Å². The van der Waals surface area contributed by atoms with Gasteiger partial charge in [-0.1, -0.05) is 12.1 Å². The molecule has 0 saturated carbocycles. The molecule has 0 aliphatic heterocycles. The van der Waals surface area contributed by atoms with Crippen molar-refractivity contribution in [2.24, 2.45) is 0 Å². The molecule has 0 radical (unpaired) electrons. The number of methoxy groups -OCH3 is 1. The van der Waals surface area contributed by atoms with E-state index in [0.29, 0.717) is 0 Å². The Hall–Kier alpha value is -0.990. The molecule has 21 heavy (non-hydrogen) atoms. The van der Waals surface area contributed by atoms with Crippen molar-refractivity contribution in [3.8, 4) is 5.75 Å². The van der Waals surface area contributed by atoms with Gasteiger partial charge in [-0.05, 0) is 89.1 Å². The molecule has 0 fully saturated rings. The average Bonchev–Trinajstić information content (AvgIpc) is 2.45. The Labute approximate surface area is 140 Å². The molecule has 112 valence electrons. The van der Waals surface area contributed by atoms with Crippen molar-refractivity contribution in [1.82, 2.24) is 0 Å². The van der Waals surface area contributed by atoms with Crippen LogP contribution in [0.5, 0.6) is 5.75 Å². The maximum absolute atomic E-state index is 6.79. The Bertz CT molecular complexity index is 653. The predicted molar refractivity (Wildman–Crippen MR) is 93.8 cm³/mol. The van der Waals surface area contributed by atoms with E-state index in [9.17, 15) is 0 Å². The van der Waals surface area contributed by atoms with E-state index in [4.69, 9.17) is 16.3 Å². The van der Waals surface area contributed by atoms with E-state index in [2.05, 4.69) is 49.7 Å². The molecule has 0 aromatic heterocycles. The van der Waals surface area contributed by atoms with Gasteiger partial charge in [0.1, 0.15) is 5.75 Å². The number of alkyl halides is 1. The molecular weight excluding hydrogens is 348 g/mol. The van der Waals surface area contributed by atoms with Gasteiger partial charge in [-0.3, -0.25) is 0 Å². The van der Waals surface area contributed by atoms with Crippen LogP contribution in [0.15, 0.2) is 28.7 Å². The predicted octanol–water partition coefficient (Wildman–Crippen LogP) is 6.02. The highest BCUT2D eigenvalue weighted by molar-refractivity contribution is 9.10. The summed E-state index contributed by atoms with van der Waals surface area (Å²) in [4.78, 5) is 0. The average molecular weight is 368 g/mol. The molecule has 0 aliphatic carbocycles. The molecule has 0 heterocycles. The largest absolute Gasteiger partial charge is 0.496 e. The summed E-state index contributed by atoms with van der Waals surface area (Å²) in [7, 11) is 1.66. The van der Waals surface area contributed by atoms with Gasteiger partial charge in [0, 0.05) is 0 Å². The fraction of sp³-hybridized carbons (Fsp3) is 0.333. The number of benzene rings is 2. The van der Waals surface area contributed by atoms with E-state index in [1.165, 1.54) is 27.8 Å². The first-order chi connectivity index (χ1) is 9.86. The minimum Gasteiger partial charge on any atom is -0.496 e. The highest BCUT2D eigenvalue weighted by atomic mass is 79.9. The van der Waals surface area contributed by atoms with Gasteiger partial charge in [-0.25, -0.2) is 0 Å². The second-order valence-corrected chi connectivity index (χ2v) is 6.72. The second kappa shape index (κ2) is 6.41. The van der Waals surface area contributed by atoms with Gasteiger partial charge >= 0.3 is 0 Å². The summed E-state index contributed by atoms with van der Waals surface area (Å²) in [5, 5.41) is -0.161. The molecule has 2 aromatic carbocycles. The molecule has 3 heteroatoms. The lowest BCUT2D eigenvalue weighted by Gasteiger charge is -2.20. The number of aryl methyl sites for hydroxylation is 2. The Morgan fingerprint density at radius 1 is 1.00 bits per heavy atom. The quantitative estimate of drug-likeness (QED) is 0.603. The molecule has 2 rings (SSSR count). The fourth-order valence-electron chi connectivity index (χ4n) is 2.63. The van der Waals surface area contributed by atoms with Crippen LogP contribution in [0.3, 0.4) is 0 Å². The molecule has 0 aliphatic rings. The van der Waals surface area contributed by atoms with E-state index in [0.717, 1.165) is 15.8 Å². The van der Waals surface area contributed by atoms with Gasteiger partial charge in [0.25, 0.3) is 0 Å². The van der Waals surface area contributed by atoms with Crippen molar-refractivity contribution in [3.63, 3.8) is 0 Å². The van der Waals surface area contributed by atoms with Crippen LogP contribution in [0.4, 0.5) is 0 Å². The van der Waals surface area contributed by atoms with Crippen molar-refractivity contribution in [2.75, 3.05) is 7.11 Å². The third-order valence-corrected chi connectivity index (χ3v) is 5.24. The summed E-state index contributed by atoms with van der Waals surface area (Å²) in [5.41, 5.74) is 7.39. The first-order valence-corrected chi connectivity index (χ1v) is 8.14. The number of hydrogen-bond acceptors (Lipinski definition) is 1. The van der Waals surface area contributed by atoms with Gasteiger partial charge in [-0.2, -0.15) is 0 Å². The molecular formula is C18H20BrClO. The molecule has 1 atom stereocenters.